The fourth-order valence-electron chi connectivity index (χ4n) is 6.79. The maximum atomic E-state index is 12.8. The normalized spacial score (nSPS) is 36.4. The lowest BCUT2D eigenvalue weighted by Gasteiger charge is -2.62. The predicted octanol–water partition coefficient (Wildman–Crippen LogP) is 4.16. The van der Waals surface area contributed by atoms with Gasteiger partial charge in [0.25, 0.3) is 0 Å². The molecule has 0 aromatic heterocycles. The van der Waals surface area contributed by atoms with Gasteiger partial charge in [-0.05, 0) is 43.1 Å². The summed E-state index contributed by atoms with van der Waals surface area (Å²) in [5.41, 5.74) is -0.973. The number of carbonyl (C=O) groups excluding carboxylic acids is 4. The third kappa shape index (κ3) is 6.28. The number of aliphatic hydroxyl groups is 1. The molecule has 2 aliphatic carbocycles. The van der Waals surface area contributed by atoms with Gasteiger partial charge in [0.05, 0.1) is 5.41 Å². The smallest absolute Gasteiger partial charge is 0.306 e. The lowest BCUT2D eigenvalue weighted by molar-refractivity contribution is -0.275. The van der Waals surface area contributed by atoms with E-state index in [1.165, 1.54) is 20.8 Å². The lowest BCUT2D eigenvalue weighted by Crippen LogP contribution is -2.68. The highest BCUT2D eigenvalue weighted by Gasteiger charge is 2.74. The van der Waals surface area contributed by atoms with Gasteiger partial charge in [-0.3, -0.25) is 23.9 Å². The molecule has 1 N–H and O–H groups in total. The van der Waals surface area contributed by atoms with Crippen molar-refractivity contribution in [2.45, 2.75) is 106 Å². The summed E-state index contributed by atoms with van der Waals surface area (Å²) in [5, 5.41) is 12.2. The van der Waals surface area contributed by atoms with E-state index >= 15 is 0 Å². The van der Waals surface area contributed by atoms with Crippen LogP contribution in [0.3, 0.4) is 0 Å². The third-order valence-corrected chi connectivity index (χ3v) is 8.82. The first-order chi connectivity index (χ1) is 19.1. The van der Waals surface area contributed by atoms with E-state index in [0.29, 0.717) is 12.0 Å². The van der Waals surface area contributed by atoms with Crippen molar-refractivity contribution in [3.05, 3.63) is 36.0 Å². The second-order valence-electron chi connectivity index (χ2n) is 12.2. The molecule has 10 nitrogen and oxygen atoms in total. The Morgan fingerprint density at radius 1 is 1.07 bits per heavy atom. The molecule has 0 aromatic carbocycles. The molecule has 41 heavy (non-hydrogen) atoms. The van der Waals surface area contributed by atoms with E-state index < -0.39 is 71.5 Å². The minimum Gasteiger partial charge on any atom is -0.459 e. The van der Waals surface area contributed by atoms with Crippen molar-refractivity contribution in [1.29, 1.82) is 0 Å². The van der Waals surface area contributed by atoms with Gasteiger partial charge in [0, 0.05) is 38.7 Å². The van der Waals surface area contributed by atoms with Crippen LogP contribution < -0.4 is 0 Å². The van der Waals surface area contributed by atoms with Crippen LogP contribution >= 0.6 is 0 Å². The number of carbonyl (C=O) groups is 4. The molecule has 0 radical (unpaired) electrons. The van der Waals surface area contributed by atoms with Crippen LogP contribution in [0.4, 0.5) is 0 Å². The maximum Gasteiger partial charge on any atom is 0.306 e. The molecule has 0 aromatic rings. The zero-order valence-corrected chi connectivity index (χ0v) is 25.3. The van der Waals surface area contributed by atoms with Gasteiger partial charge in [-0.25, -0.2) is 0 Å². The standard InChI is InChI=1S/C31H44O10/c1-10-17(4)11-12-30(9)18(5)26(37-19(6)32)27(36)31-23(28(38-20(7)33)41-29(31)39-21(8)34)14-22(15-24(30)31)40-25(35)13-16(2)3/h10-11,14,16,18,22,24,26-29,36H,1,12-13,15H2,2-9H3/b17-11-/t18-,22+,24+,26-,27+,28+,29-,30+,31-/m1/s1. The highest BCUT2D eigenvalue weighted by molar-refractivity contribution is 5.70. The largest absolute Gasteiger partial charge is 0.459 e. The van der Waals surface area contributed by atoms with Crippen LogP contribution in [0, 0.1) is 28.6 Å². The van der Waals surface area contributed by atoms with E-state index in [-0.39, 0.29) is 24.7 Å². The second-order valence-corrected chi connectivity index (χ2v) is 12.2. The molecule has 10 heteroatoms. The molecule has 0 amide bonds. The highest BCUT2D eigenvalue weighted by atomic mass is 16.8. The number of ether oxygens (including phenoxy) is 5. The van der Waals surface area contributed by atoms with Gasteiger partial charge in [0.1, 0.15) is 18.3 Å². The van der Waals surface area contributed by atoms with Gasteiger partial charge >= 0.3 is 23.9 Å². The molecule has 0 bridgehead atoms. The molecule has 3 aliphatic rings. The molecule has 9 atom stereocenters. The predicted molar refractivity (Wildman–Crippen MR) is 148 cm³/mol. The second kappa shape index (κ2) is 12.5. The zero-order valence-electron chi connectivity index (χ0n) is 25.3. The van der Waals surface area contributed by atoms with Crippen molar-refractivity contribution in [3.8, 4) is 0 Å². The Bertz CT molecular complexity index is 1120. The van der Waals surface area contributed by atoms with Crippen LogP contribution in [0.5, 0.6) is 0 Å². The maximum absolute atomic E-state index is 12.8. The molecule has 3 rings (SSSR count). The van der Waals surface area contributed by atoms with Gasteiger partial charge in [0.15, 0.2) is 0 Å². The molecule has 1 aliphatic heterocycles. The third-order valence-electron chi connectivity index (χ3n) is 8.82. The average Bonchev–Trinajstić information content (AvgIpc) is 3.14. The molecule has 228 valence electrons. The Hall–Kier alpha value is -2.98. The molecular weight excluding hydrogens is 532 g/mol. The van der Waals surface area contributed by atoms with Crippen LogP contribution in [-0.4, -0.2) is 59.9 Å². The van der Waals surface area contributed by atoms with E-state index in [4.69, 9.17) is 23.7 Å². The van der Waals surface area contributed by atoms with Crippen LogP contribution in [0.1, 0.15) is 74.7 Å². The number of hydrogen-bond donors (Lipinski definition) is 1. The molecule has 1 saturated carbocycles. The number of allylic oxidation sites excluding steroid dienone is 3. The van der Waals surface area contributed by atoms with Crippen molar-refractivity contribution >= 4 is 23.9 Å². The minimum atomic E-state index is -1.48. The fourth-order valence-corrected chi connectivity index (χ4v) is 6.79. The van der Waals surface area contributed by atoms with Crippen molar-refractivity contribution in [2.75, 3.05) is 0 Å². The lowest BCUT2D eigenvalue weighted by atomic mass is 9.44. The summed E-state index contributed by atoms with van der Waals surface area (Å²) in [6, 6.07) is 0. The fraction of sp³-hybridized carbons (Fsp3) is 0.677. The number of hydrogen-bond acceptors (Lipinski definition) is 10. The summed E-state index contributed by atoms with van der Waals surface area (Å²) in [4.78, 5) is 49.6. The molecule has 1 heterocycles. The zero-order chi connectivity index (χ0) is 30.9. The van der Waals surface area contributed by atoms with E-state index in [0.717, 1.165) is 5.57 Å². The van der Waals surface area contributed by atoms with E-state index in [9.17, 15) is 24.3 Å². The Balaban J connectivity index is 2.31. The van der Waals surface area contributed by atoms with Crippen molar-refractivity contribution in [1.82, 2.24) is 0 Å². The summed E-state index contributed by atoms with van der Waals surface area (Å²) in [6.07, 6.45) is 0.422. The van der Waals surface area contributed by atoms with Gasteiger partial charge < -0.3 is 24.1 Å². The SMILES string of the molecule is C=C/C(C)=C\C[C@@]1(C)[C@H](C)[C@@H](OC(C)=O)[C@H](O)[C@@]23C(=C[C@H](OC(=O)CC(C)C)C[C@@H]12)[C@@H](OC(C)=O)O[C@H]3OC(C)=O. The average molecular weight is 577 g/mol. The van der Waals surface area contributed by atoms with Crippen LogP contribution in [0.25, 0.3) is 0 Å². The molecular formula is C31H44O10. The van der Waals surface area contributed by atoms with Gasteiger partial charge in [0.2, 0.25) is 12.6 Å². The Morgan fingerprint density at radius 2 is 1.68 bits per heavy atom. The van der Waals surface area contributed by atoms with Crippen molar-refractivity contribution < 1.29 is 48.0 Å². The molecule has 1 saturated heterocycles. The van der Waals surface area contributed by atoms with Gasteiger partial charge in [-0.1, -0.05) is 52.0 Å². The summed E-state index contributed by atoms with van der Waals surface area (Å²) in [5.74, 6) is -3.17. The monoisotopic (exact) mass is 576 g/mol. The summed E-state index contributed by atoms with van der Waals surface area (Å²) in [7, 11) is 0. The molecule has 0 unspecified atom stereocenters. The van der Waals surface area contributed by atoms with E-state index in [1.54, 1.807) is 12.2 Å². The quantitative estimate of drug-likeness (QED) is 0.185. The summed E-state index contributed by atoms with van der Waals surface area (Å²) in [6.45, 7) is 17.2. The Kier molecular flexibility index (Phi) is 9.91. The van der Waals surface area contributed by atoms with Crippen molar-refractivity contribution in [3.63, 3.8) is 0 Å². The molecule has 1 spiro atoms. The van der Waals surface area contributed by atoms with E-state index in [2.05, 4.69) is 6.58 Å². The van der Waals surface area contributed by atoms with Crippen LogP contribution in [0.15, 0.2) is 36.0 Å². The number of aliphatic hydroxyl groups excluding tert-OH is 1. The van der Waals surface area contributed by atoms with E-state index in [1.807, 2.05) is 40.7 Å². The first-order valence-corrected chi connectivity index (χ1v) is 14.1. The summed E-state index contributed by atoms with van der Waals surface area (Å²) < 4.78 is 29.0. The van der Waals surface area contributed by atoms with Gasteiger partial charge in [-0.15, -0.1) is 0 Å². The number of esters is 4. The van der Waals surface area contributed by atoms with Crippen LogP contribution in [-0.2, 0) is 42.9 Å². The van der Waals surface area contributed by atoms with Gasteiger partial charge in [-0.2, -0.15) is 0 Å². The highest BCUT2D eigenvalue weighted by Crippen LogP contribution is 2.67. The van der Waals surface area contributed by atoms with Crippen molar-refractivity contribution in [2.24, 2.45) is 28.6 Å². The molecule has 2 fully saturated rings. The Labute approximate surface area is 242 Å². The Morgan fingerprint density at radius 3 is 2.22 bits per heavy atom. The first-order valence-electron chi connectivity index (χ1n) is 14.1. The first kappa shape index (κ1) is 32.5. The topological polar surface area (TPSA) is 135 Å². The summed E-state index contributed by atoms with van der Waals surface area (Å²) >= 11 is 0. The minimum absolute atomic E-state index is 0.0769. The number of rotatable bonds is 9. The van der Waals surface area contributed by atoms with Crippen LogP contribution in [0.2, 0.25) is 0 Å².